The molecule has 17 heteroatoms. The lowest BCUT2D eigenvalue weighted by Gasteiger charge is -2.47. The molecule has 0 aliphatic carbocycles. The zero-order valence-corrected chi connectivity index (χ0v) is 14.3. The molecule has 0 amide bonds. The van der Waals surface area contributed by atoms with E-state index in [9.17, 15) is 65.9 Å². The highest BCUT2D eigenvalue weighted by Crippen LogP contribution is 2.55. The first-order valence-corrected chi connectivity index (χ1v) is 7.45. The molecule has 0 unspecified atom stereocenters. The van der Waals surface area contributed by atoms with Crippen LogP contribution < -0.4 is 10.6 Å². The van der Waals surface area contributed by atoms with E-state index < -0.39 is 59.5 Å². The largest absolute Gasteiger partial charge is 0.429 e. The molecule has 0 heterocycles. The van der Waals surface area contributed by atoms with E-state index in [1.165, 1.54) is 6.07 Å². The van der Waals surface area contributed by atoms with Crippen molar-refractivity contribution in [2.75, 3.05) is 0 Å². The first kappa shape index (κ1) is 27.1. The van der Waals surface area contributed by atoms with Crippen molar-refractivity contribution in [1.82, 2.24) is 10.6 Å². The van der Waals surface area contributed by atoms with E-state index in [0.717, 1.165) is 24.3 Å². The Balaban J connectivity index is 3.85. The summed E-state index contributed by atoms with van der Waals surface area (Å²) in [5.74, 6) is 0. The third-order valence-electron chi connectivity index (χ3n) is 3.90. The van der Waals surface area contributed by atoms with Crippen LogP contribution in [-0.2, 0) is 6.54 Å². The monoisotopic (exact) mass is 490 g/mol. The molecule has 1 aromatic carbocycles. The Morgan fingerprint density at radius 2 is 0.871 bits per heavy atom. The number of halogens is 15. The first-order chi connectivity index (χ1) is 13.5. The van der Waals surface area contributed by atoms with Crippen LogP contribution in [0, 0.1) is 0 Å². The van der Waals surface area contributed by atoms with Crippen molar-refractivity contribution in [3.63, 3.8) is 0 Å². The molecule has 0 fully saturated rings. The van der Waals surface area contributed by atoms with E-state index in [-0.39, 0.29) is 0 Å². The highest BCUT2D eigenvalue weighted by molar-refractivity contribution is 5.18. The van der Waals surface area contributed by atoms with E-state index in [0.29, 0.717) is 5.32 Å². The summed E-state index contributed by atoms with van der Waals surface area (Å²) in [6.07, 6.45) is -37.5. The lowest BCUT2D eigenvalue weighted by atomic mass is 9.92. The highest BCUT2D eigenvalue weighted by Gasteiger charge is 2.88. The second kappa shape index (κ2) is 7.90. The second-order valence-corrected chi connectivity index (χ2v) is 5.95. The normalized spacial score (nSPS) is 15.3. The molecule has 0 spiro atoms. The van der Waals surface area contributed by atoms with E-state index >= 15 is 0 Å². The molecular weight excluding hydrogens is 481 g/mol. The zero-order valence-electron chi connectivity index (χ0n) is 14.3. The number of hydrogen-bond acceptors (Lipinski definition) is 2. The van der Waals surface area contributed by atoms with Crippen molar-refractivity contribution in [3.05, 3.63) is 35.9 Å². The SMILES string of the molecule is FC(F)(F)C(NCc1ccccc1)(NC(C(F)(F)F)(C(F)(F)F)C(F)(F)F)C(F)(F)F. The maximum absolute atomic E-state index is 13.3. The number of rotatable bonds is 5. The molecule has 2 N–H and O–H groups in total. The first-order valence-electron chi connectivity index (χ1n) is 7.45. The van der Waals surface area contributed by atoms with Crippen LogP contribution in [0.15, 0.2) is 30.3 Å². The fourth-order valence-corrected chi connectivity index (χ4v) is 2.35. The van der Waals surface area contributed by atoms with Gasteiger partial charge in [-0.2, -0.15) is 65.9 Å². The average Bonchev–Trinajstić information content (AvgIpc) is 2.49. The van der Waals surface area contributed by atoms with Crippen LogP contribution in [0.25, 0.3) is 0 Å². The molecule has 0 saturated carbocycles. The predicted octanol–water partition coefficient (Wildman–Crippen LogP) is 5.61. The molecule has 0 bridgehead atoms. The van der Waals surface area contributed by atoms with Gasteiger partial charge in [-0.05, 0) is 5.56 Å². The molecule has 0 atom stereocenters. The Bertz CT molecular complexity index is 674. The summed E-state index contributed by atoms with van der Waals surface area (Å²) >= 11 is 0. The van der Waals surface area contributed by atoms with Crippen LogP contribution in [0.2, 0.25) is 0 Å². The van der Waals surface area contributed by atoms with Gasteiger partial charge in [-0.25, -0.2) is 0 Å². The fraction of sp³-hybridized carbons (Fsp3) is 0.571. The van der Waals surface area contributed by atoms with Gasteiger partial charge in [0, 0.05) is 6.54 Å². The van der Waals surface area contributed by atoms with Gasteiger partial charge in [0.05, 0.1) is 0 Å². The van der Waals surface area contributed by atoms with E-state index in [1.54, 1.807) is 0 Å². The quantitative estimate of drug-likeness (QED) is 0.414. The molecule has 2 nitrogen and oxygen atoms in total. The maximum Gasteiger partial charge on any atom is 0.429 e. The zero-order chi connectivity index (χ0) is 24.7. The number of hydrogen-bond donors (Lipinski definition) is 2. The Hall–Kier alpha value is -1.91. The van der Waals surface area contributed by atoms with Crippen molar-refractivity contribution < 1.29 is 65.9 Å². The van der Waals surface area contributed by atoms with Crippen LogP contribution in [0.3, 0.4) is 0 Å². The summed E-state index contributed by atoms with van der Waals surface area (Å²) in [4.78, 5) is 0. The fourth-order valence-electron chi connectivity index (χ4n) is 2.35. The Morgan fingerprint density at radius 3 is 1.16 bits per heavy atom. The van der Waals surface area contributed by atoms with Gasteiger partial charge in [-0.3, -0.25) is 10.6 Å². The number of alkyl halides is 15. The van der Waals surface area contributed by atoms with Crippen molar-refractivity contribution >= 4 is 0 Å². The molecule has 180 valence electrons. The van der Waals surface area contributed by atoms with Gasteiger partial charge in [0.1, 0.15) is 0 Å². The maximum atomic E-state index is 13.3. The molecule has 1 aromatic rings. The van der Waals surface area contributed by atoms with E-state index in [4.69, 9.17) is 0 Å². The molecule has 1 rings (SSSR count). The van der Waals surface area contributed by atoms with Crippen molar-refractivity contribution in [2.45, 2.75) is 48.6 Å². The van der Waals surface area contributed by atoms with E-state index in [1.807, 2.05) is 0 Å². The standard InChI is InChI=1S/C14H9F15N2/c15-10(16,17)8(11(18,19)20,12(21,22)23)31-9(13(24,25)26,14(27,28)29)30-6-7-4-2-1-3-5-7/h1-5,30-31H,6H2. The molecule has 0 aliphatic rings. The van der Waals surface area contributed by atoms with Crippen molar-refractivity contribution in [1.29, 1.82) is 0 Å². The van der Waals surface area contributed by atoms with Crippen LogP contribution in [0.5, 0.6) is 0 Å². The minimum atomic E-state index is -7.72. The summed E-state index contributed by atoms with van der Waals surface area (Å²) in [6, 6.07) is 4.88. The van der Waals surface area contributed by atoms with Crippen molar-refractivity contribution in [3.8, 4) is 0 Å². The lowest BCUT2D eigenvalue weighted by molar-refractivity contribution is -0.416. The summed E-state index contributed by atoms with van der Waals surface area (Å²) in [5.41, 5.74) is -14.6. The lowest BCUT2D eigenvalue weighted by Crippen LogP contribution is -2.86. The Kier molecular flexibility index (Phi) is 6.91. The van der Waals surface area contributed by atoms with E-state index in [2.05, 4.69) is 0 Å². The molecule has 0 aromatic heterocycles. The van der Waals surface area contributed by atoms with Crippen LogP contribution >= 0.6 is 0 Å². The highest BCUT2D eigenvalue weighted by atomic mass is 19.4. The third-order valence-corrected chi connectivity index (χ3v) is 3.90. The van der Waals surface area contributed by atoms with Crippen molar-refractivity contribution in [2.24, 2.45) is 0 Å². The smallest absolute Gasteiger partial charge is 0.280 e. The molecule has 31 heavy (non-hydrogen) atoms. The Labute approximate surface area is 162 Å². The summed E-state index contributed by atoms with van der Waals surface area (Å²) in [7, 11) is 0. The molecule has 0 radical (unpaired) electrons. The second-order valence-electron chi connectivity index (χ2n) is 5.95. The number of benzene rings is 1. The molecule has 0 aliphatic heterocycles. The van der Waals surface area contributed by atoms with Gasteiger partial charge in [-0.1, -0.05) is 30.3 Å². The van der Waals surface area contributed by atoms with Gasteiger partial charge in [0.25, 0.3) is 5.66 Å². The van der Waals surface area contributed by atoms with Gasteiger partial charge in [0.2, 0.25) is 0 Å². The van der Waals surface area contributed by atoms with Crippen LogP contribution in [0.4, 0.5) is 65.9 Å². The van der Waals surface area contributed by atoms with Gasteiger partial charge in [-0.15, -0.1) is 0 Å². The van der Waals surface area contributed by atoms with Gasteiger partial charge in [0.15, 0.2) is 0 Å². The van der Waals surface area contributed by atoms with Crippen LogP contribution in [0.1, 0.15) is 5.56 Å². The number of nitrogens with one attached hydrogen (secondary N) is 2. The summed E-state index contributed by atoms with van der Waals surface area (Å²) < 4.78 is 197. The third kappa shape index (κ3) is 4.80. The topological polar surface area (TPSA) is 24.1 Å². The van der Waals surface area contributed by atoms with Gasteiger partial charge >= 0.3 is 36.4 Å². The predicted molar refractivity (Wildman–Crippen MR) is 72.2 cm³/mol. The minimum Gasteiger partial charge on any atom is -0.280 e. The molecule has 0 saturated heterocycles. The van der Waals surface area contributed by atoms with Crippen LogP contribution in [-0.4, -0.2) is 42.1 Å². The average molecular weight is 490 g/mol. The molecular formula is C14H9F15N2. The minimum absolute atomic E-state index is 0.340. The van der Waals surface area contributed by atoms with Gasteiger partial charge < -0.3 is 0 Å². The summed E-state index contributed by atoms with van der Waals surface area (Å²) in [5, 5.41) is -0.845. The Morgan fingerprint density at radius 1 is 0.516 bits per heavy atom. The summed E-state index contributed by atoms with van der Waals surface area (Å²) in [6.45, 7) is -1.71.